The molecule has 34 heavy (non-hydrogen) atoms. The summed E-state index contributed by atoms with van der Waals surface area (Å²) in [5.74, 6) is -0.600. The van der Waals surface area contributed by atoms with E-state index in [4.69, 9.17) is 9.16 Å². The summed E-state index contributed by atoms with van der Waals surface area (Å²) in [6.07, 6.45) is 7.39. The Balaban J connectivity index is 2.89. The van der Waals surface area contributed by atoms with Gasteiger partial charge >= 0.3 is 6.09 Å². The van der Waals surface area contributed by atoms with Gasteiger partial charge < -0.3 is 9.16 Å². The maximum atomic E-state index is 13.1. The fourth-order valence-corrected chi connectivity index (χ4v) is 6.38. The molecule has 1 fully saturated rings. The number of imide groups is 1. The Morgan fingerprint density at radius 3 is 2.29 bits per heavy atom. The third-order valence-electron chi connectivity index (χ3n) is 7.13. The van der Waals surface area contributed by atoms with E-state index in [0.29, 0.717) is 0 Å². The number of likely N-dealkylation sites (tertiary alicyclic amines) is 1. The van der Waals surface area contributed by atoms with Gasteiger partial charge in [-0.05, 0) is 31.5 Å². The van der Waals surface area contributed by atoms with E-state index in [9.17, 15) is 14.4 Å². The Bertz CT molecular complexity index is 706. The van der Waals surface area contributed by atoms with Crippen LogP contribution in [0.3, 0.4) is 0 Å². The Labute approximate surface area is 212 Å². The second-order valence-electron chi connectivity index (χ2n) is 10.9. The fraction of sp³-hybridized carbons (Fsp3) is 0.808. The molecule has 1 rings (SSSR count). The molecule has 0 aromatic heterocycles. The monoisotopic (exact) mass is 513 g/mol. The van der Waals surface area contributed by atoms with E-state index in [2.05, 4.69) is 47.4 Å². The van der Waals surface area contributed by atoms with E-state index in [-0.39, 0.29) is 28.8 Å². The number of rotatable bonds is 14. The van der Waals surface area contributed by atoms with Crippen molar-refractivity contribution in [1.82, 2.24) is 4.90 Å². The average molecular weight is 514 g/mol. The second kappa shape index (κ2) is 13.8. The van der Waals surface area contributed by atoms with Gasteiger partial charge in [-0.1, -0.05) is 91.1 Å². The number of β-lactam (4-membered cyclic amide) rings is 1. The van der Waals surface area contributed by atoms with Gasteiger partial charge in [0.1, 0.15) is 6.61 Å². The molecule has 0 N–H and O–H groups in total. The maximum absolute atomic E-state index is 13.1. The van der Waals surface area contributed by atoms with Crippen LogP contribution in [0.25, 0.3) is 0 Å². The molecule has 0 bridgehead atoms. The van der Waals surface area contributed by atoms with Gasteiger partial charge in [0, 0.05) is 11.7 Å². The van der Waals surface area contributed by atoms with Crippen molar-refractivity contribution in [2.75, 3.05) is 12.4 Å². The highest BCUT2D eigenvalue weighted by molar-refractivity contribution is 8.13. The first kappa shape index (κ1) is 30.9. The van der Waals surface area contributed by atoms with Crippen molar-refractivity contribution in [3.05, 3.63) is 12.7 Å². The van der Waals surface area contributed by atoms with Gasteiger partial charge in [-0.25, -0.2) is 9.69 Å². The van der Waals surface area contributed by atoms with Gasteiger partial charge in [0.05, 0.1) is 18.1 Å². The SMILES string of the molecule is C=CCOC(=O)N1C(=O)[C@H]([C@@H](C)O[Si](C)(C)C(C)(C)C)[C@H]1[C@@H](C)C(=O)SCCCCCCCC. The summed E-state index contributed by atoms with van der Waals surface area (Å²) in [6, 6.07) is -0.561. The molecule has 1 saturated heterocycles. The first-order chi connectivity index (χ1) is 15.8. The number of thioether (sulfide) groups is 1. The number of carbonyl (C=O) groups excluding carboxylic acids is 3. The van der Waals surface area contributed by atoms with Gasteiger partial charge in [-0.15, -0.1) is 0 Å². The first-order valence-electron chi connectivity index (χ1n) is 12.7. The highest BCUT2D eigenvalue weighted by Gasteiger charge is 2.58. The second-order valence-corrected chi connectivity index (χ2v) is 16.8. The average Bonchev–Trinajstić information content (AvgIpc) is 2.73. The summed E-state index contributed by atoms with van der Waals surface area (Å²) in [5, 5.41) is -0.00214. The van der Waals surface area contributed by atoms with E-state index >= 15 is 0 Å². The van der Waals surface area contributed by atoms with Crippen LogP contribution < -0.4 is 0 Å². The van der Waals surface area contributed by atoms with Gasteiger partial charge in [-0.3, -0.25) is 9.59 Å². The lowest BCUT2D eigenvalue weighted by Gasteiger charge is -2.51. The van der Waals surface area contributed by atoms with Crippen molar-refractivity contribution in [2.45, 2.75) is 110 Å². The zero-order valence-electron chi connectivity index (χ0n) is 22.6. The van der Waals surface area contributed by atoms with Crippen LogP contribution in [0.15, 0.2) is 12.7 Å². The number of hydrogen-bond acceptors (Lipinski definition) is 6. The van der Waals surface area contributed by atoms with E-state index in [0.717, 1.165) is 23.5 Å². The number of ether oxygens (including phenoxy) is 1. The van der Waals surface area contributed by atoms with Crippen LogP contribution in [0.5, 0.6) is 0 Å². The number of amides is 2. The minimum atomic E-state index is -2.13. The van der Waals surface area contributed by atoms with Gasteiger partial charge in [0.15, 0.2) is 13.4 Å². The van der Waals surface area contributed by atoms with Gasteiger partial charge in [-0.2, -0.15) is 0 Å². The molecule has 0 aromatic rings. The van der Waals surface area contributed by atoms with Crippen molar-refractivity contribution in [1.29, 1.82) is 0 Å². The summed E-state index contributed by atoms with van der Waals surface area (Å²) in [6.45, 7) is 20.2. The predicted molar refractivity (Wildman–Crippen MR) is 143 cm³/mol. The van der Waals surface area contributed by atoms with Crippen LogP contribution in [-0.4, -0.2) is 54.8 Å². The Morgan fingerprint density at radius 2 is 1.74 bits per heavy atom. The van der Waals surface area contributed by atoms with Crippen LogP contribution in [0.1, 0.15) is 80.1 Å². The molecule has 2 amide bonds. The number of carbonyl (C=O) groups is 3. The third kappa shape index (κ3) is 8.23. The summed E-state index contributed by atoms with van der Waals surface area (Å²) in [7, 11) is -2.13. The number of nitrogens with zero attached hydrogens (tertiary/aromatic N) is 1. The molecule has 8 heteroatoms. The molecule has 0 saturated carbocycles. The highest BCUT2D eigenvalue weighted by Crippen LogP contribution is 2.42. The van der Waals surface area contributed by atoms with E-state index in [1.165, 1.54) is 43.5 Å². The minimum Gasteiger partial charge on any atom is -0.445 e. The molecule has 1 heterocycles. The molecule has 0 aliphatic carbocycles. The zero-order valence-corrected chi connectivity index (χ0v) is 24.5. The van der Waals surface area contributed by atoms with Crippen molar-refractivity contribution in [3.63, 3.8) is 0 Å². The molecule has 1 aliphatic heterocycles. The van der Waals surface area contributed by atoms with Crippen molar-refractivity contribution >= 4 is 37.2 Å². The van der Waals surface area contributed by atoms with Gasteiger partial charge in [0.2, 0.25) is 5.91 Å². The lowest BCUT2D eigenvalue weighted by atomic mass is 9.77. The van der Waals surface area contributed by atoms with Crippen molar-refractivity contribution < 1.29 is 23.5 Å². The molecule has 0 unspecified atom stereocenters. The molecular formula is C26H47NO5SSi. The number of hydrogen-bond donors (Lipinski definition) is 0. The lowest BCUT2D eigenvalue weighted by Crippen LogP contribution is -2.70. The Hall–Kier alpha value is -1.12. The summed E-state index contributed by atoms with van der Waals surface area (Å²) < 4.78 is 11.6. The zero-order chi connectivity index (χ0) is 26.1. The molecule has 0 spiro atoms. The standard InChI is InChI=1S/C26H47NO5SSi/c1-10-12-13-14-15-16-18-33-24(29)19(3)22-21(20(4)32-34(8,9)26(5,6)7)23(28)27(22)25(30)31-17-11-2/h11,19-22H,2,10,12-18H2,1,3-9H3/t19-,20-,21-,22-/m1/s1. The molecule has 4 atom stereocenters. The van der Waals surface area contributed by atoms with E-state index in [1.54, 1.807) is 0 Å². The molecule has 0 radical (unpaired) electrons. The fourth-order valence-electron chi connectivity index (χ4n) is 4.00. The highest BCUT2D eigenvalue weighted by atomic mass is 32.2. The van der Waals surface area contributed by atoms with Crippen molar-refractivity contribution in [3.8, 4) is 0 Å². The van der Waals surface area contributed by atoms with Gasteiger partial charge in [0.25, 0.3) is 0 Å². The Kier molecular flexibility index (Phi) is 12.6. The molecule has 1 aliphatic rings. The van der Waals surface area contributed by atoms with E-state index in [1.807, 2.05) is 13.8 Å². The maximum Gasteiger partial charge on any atom is 0.417 e. The largest absolute Gasteiger partial charge is 0.445 e. The third-order valence-corrected chi connectivity index (χ3v) is 12.9. The topological polar surface area (TPSA) is 72.9 Å². The van der Waals surface area contributed by atoms with Crippen LogP contribution in [0, 0.1) is 11.8 Å². The number of unbranched alkanes of at least 4 members (excludes halogenated alkanes) is 5. The first-order valence-corrected chi connectivity index (χ1v) is 16.6. The normalized spacial score (nSPS) is 20.5. The summed E-state index contributed by atoms with van der Waals surface area (Å²) in [4.78, 5) is 39.9. The quantitative estimate of drug-likeness (QED) is 0.110. The molecule has 0 aromatic carbocycles. The molecule has 6 nitrogen and oxygen atoms in total. The smallest absolute Gasteiger partial charge is 0.417 e. The molecular weight excluding hydrogens is 466 g/mol. The Morgan fingerprint density at radius 1 is 1.15 bits per heavy atom. The van der Waals surface area contributed by atoms with Crippen LogP contribution >= 0.6 is 11.8 Å². The van der Waals surface area contributed by atoms with Crippen LogP contribution in [0.4, 0.5) is 4.79 Å². The van der Waals surface area contributed by atoms with Crippen molar-refractivity contribution in [2.24, 2.45) is 11.8 Å². The van der Waals surface area contributed by atoms with Crippen LogP contribution in [0.2, 0.25) is 18.1 Å². The predicted octanol–water partition coefficient (Wildman–Crippen LogP) is 6.80. The lowest BCUT2D eigenvalue weighted by molar-refractivity contribution is -0.163. The summed E-state index contributed by atoms with van der Waals surface area (Å²) in [5.41, 5.74) is 0. The van der Waals surface area contributed by atoms with Crippen LogP contribution in [-0.2, 0) is 18.8 Å². The minimum absolute atomic E-state index is 0.0112. The summed E-state index contributed by atoms with van der Waals surface area (Å²) >= 11 is 1.31. The van der Waals surface area contributed by atoms with E-state index < -0.39 is 32.3 Å². The molecule has 196 valence electrons.